The Hall–Kier alpha value is -0.740. The van der Waals surface area contributed by atoms with Gasteiger partial charge in [-0.05, 0) is 47.3 Å². The van der Waals surface area contributed by atoms with Gasteiger partial charge in [-0.2, -0.15) is 0 Å². The van der Waals surface area contributed by atoms with Crippen LogP contribution in [0, 0.1) is 0 Å². The number of methoxy groups -OCH3 is 1. The van der Waals surface area contributed by atoms with Crippen molar-refractivity contribution in [2.24, 2.45) is 0 Å². The largest absolute Gasteiger partial charge is 0.495 e. The summed E-state index contributed by atoms with van der Waals surface area (Å²) < 4.78 is 12.1. The lowest BCUT2D eigenvalue weighted by Crippen LogP contribution is -2.33. The molecule has 2 rings (SSSR count). The number of nitrogens with one attached hydrogen (secondary N) is 1. The van der Waals surface area contributed by atoms with Gasteiger partial charge in [0.1, 0.15) is 5.75 Å². The summed E-state index contributed by atoms with van der Waals surface area (Å²) in [6.07, 6.45) is 4.91. The number of benzene rings is 1. The van der Waals surface area contributed by atoms with Gasteiger partial charge in [0.25, 0.3) is 0 Å². The maximum absolute atomic E-state index is 5.78. The molecule has 1 aliphatic heterocycles. The van der Waals surface area contributed by atoms with Crippen LogP contribution in [0.25, 0.3) is 0 Å². The number of halogens is 1. The van der Waals surface area contributed by atoms with Gasteiger partial charge in [-0.3, -0.25) is 0 Å². The SMILES string of the molecule is CCCC1CC(Nc2ccc(Br)c(OC)c2)CCO1. The Kier molecular flexibility index (Phi) is 5.52. The van der Waals surface area contributed by atoms with Gasteiger partial charge in [-0.25, -0.2) is 0 Å². The molecule has 106 valence electrons. The molecule has 1 aliphatic rings. The second kappa shape index (κ2) is 7.15. The molecule has 1 saturated heterocycles. The maximum atomic E-state index is 5.78. The van der Waals surface area contributed by atoms with Crippen LogP contribution in [0.15, 0.2) is 22.7 Å². The minimum Gasteiger partial charge on any atom is -0.495 e. The van der Waals surface area contributed by atoms with Gasteiger partial charge >= 0.3 is 0 Å². The van der Waals surface area contributed by atoms with Crippen molar-refractivity contribution >= 4 is 21.6 Å². The predicted molar refractivity (Wildman–Crippen MR) is 82.0 cm³/mol. The smallest absolute Gasteiger partial charge is 0.135 e. The number of hydrogen-bond donors (Lipinski definition) is 1. The van der Waals surface area contributed by atoms with Crippen LogP contribution < -0.4 is 10.1 Å². The molecule has 0 bridgehead atoms. The van der Waals surface area contributed by atoms with Crippen molar-refractivity contribution in [3.63, 3.8) is 0 Å². The zero-order valence-electron chi connectivity index (χ0n) is 11.6. The van der Waals surface area contributed by atoms with Crippen LogP contribution in [0.1, 0.15) is 32.6 Å². The summed E-state index contributed by atoms with van der Waals surface area (Å²) in [5, 5.41) is 3.59. The topological polar surface area (TPSA) is 30.5 Å². The summed E-state index contributed by atoms with van der Waals surface area (Å²) in [5.41, 5.74) is 1.11. The predicted octanol–water partition coefficient (Wildman–Crippen LogP) is 4.22. The summed E-state index contributed by atoms with van der Waals surface area (Å²) in [6, 6.07) is 6.63. The second-order valence-corrected chi connectivity index (χ2v) is 5.85. The Bertz CT molecular complexity index is 409. The number of ether oxygens (including phenoxy) is 2. The van der Waals surface area contributed by atoms with E-state index in [2.05, 4.69) is 34.2 Å². The number of rotatable bonds is 5. The van der Waals surface area contributed by atoms with Crippen LogP contribution in [0.4, 0.5) is 5.69 Å². The maximum Gasteiger partial charge on any atom is 0.135 e. The average molecular weight is 328 g/mol. The van der Waals surface area contributed by atoms with Crippen LogP contribution in [0.3, 0.4) is 0 Å². The summed E-state index contributed by atoms with van der Waals surface area (Å²) in [7, 11) is 1.69. The molecule has 0 spiro atoms. The molecule has 1 heterocycles. The van der Waals surface area contributed by atoms with Gasteiger partial charge in [0.05, 0.1) is 17.7 Å². The van der Waals surface area contributed by atoms with Gasteiger partial charge in [0, 0.05) is 24.4 Å². The molecule has 3 nitrogen and oxygen atoms in total. The molecular formula is C15H22BrNO2. The Morgan fingerprint density at radius 1 is 1.47 bits per heavy atom. The second-order valence-electron chi connectivity index (χ2n) is 5.00. The Labute approximate surface area is 123 Å². The molecule has 1 aromatic rings. The molecule has 1 aromatic carbocycles. The molecule has 0 saturated carbocycles. The van der Waals surface area contributed by atoms with E-state index in [1.165, 1.54) is 6.42 Å². The van der Waals surface area contributed by atoms with Crippen molar-refractivity contribution in [3.8, 4) is 5.75 Å². The van der Waals surface area contributed by atoms with Crippen LogP contribution in [0.5, 0.6) is 5.75 Å². The third-order valence-electron chi connectivity index (χ3n) is 3.50. The van der Waals surface area contributed by atoms with Crippen LogP contribution in [-0.2, 0) is 4.74 Å². The van der Waals surface area contributed by atoms with Crippen molar-refractivity contribution in [3.05, 3.63) is 22.7 Å². The quantitative estimate of drug-likeness (QED) is 0.878. The molecule has 0 radical (unpaired) electrons. The van der Waals surface area contributed by atoms with E-state index in [9.17, 15) is 0 Å². The third-order valence-corrected chi connectivity index (χ3v) is 4.15. The lowest BCUT2D eigenvalue weighted by atomic mass is 10.00. The Balaban J connectivity index is 1.96. The van der Waals surface area contributed by atoms with Crippen molar-refractivity contribution in [1.29, 1.82) is 0 Å². The average Bonchev–Trinajstić information content (AvgIpc) is 2.42. The molecule has 19 heavy (non-hydrogen) atoms. The van der Waals surface area contributed by atoms with E-state index in [1.54, 1.807) is 7.11 Å². The Morgan fingerprint density at radius 3 is 3.05 bits per heavy atom. The summed E-state index contributed by atoms with van der Waals surface area (Å²) >= 11 is 3.47. The standard InChI is InChI=1S/C15H22BrNO2/c1-3-4-13-9-12(7-8-19-13)17-11-5-6-14(16)15(10-11)18-2/h5-6,10,12-13,17H,3-4,7-9H2,1-2H3. The van der Waals surface area contributed by atoms with Crippen molar-refractivity contribution in [2.75, 3.05) is 19.0 Å². The first kappa shape index (κ1) is 14.7. The van der Waals surface area contributed by atoms with Gasteiger partial charge in [-0.15, -0.1) is 0 Å². The molecule has 0 aromatic heterocycles. The minimum atomic E-state index is 0.411. The fourth-order valence-corrected chi connectivity index (χ4v) is 2.93. The van der Waals surface area contributed by atoms with Crippen molar-refractivity contribution in [2.45, 2.75) is 44.8 Å². The molecule has 0 aliphatic carbocycles. The third kappa shape index (κ3) is 4.11. The summed E-state index contributed by atoms with van der Waals surface area (Å²) in [6.45, 7) is 3.07. The number of anilines is 1. The normalized spacial score (nSPS) is 23.1. The van der Waals surface area contributed by atoms with Crippen molar-refractivity contribution in [1.82, 2.24) is 0 Å². The fourth-order valence-electron chi connectivity index (χ4n) is 2.52. The van der Waals surface area contributed by atoms with E-state index in [0.29, 0.717) is 12.1 Å². The zero-order chi connectivity index (χ0) is 13.7. The van der Waals surface area contributed by atoms with Gasteiger partial charge in [-0.1, -0.05) is 13.3 Å². The highest BCUT2D eigenvalue weighted by molar-refractivity contribution is 9.10. The highest BCUT2D eigenvalue weighted by atomic mass is 79.9. The molecular weight excluding hydrogens is 306 g/mol. The lowest BCUT2D eigenvalue weighted by molar-refractivity contribution is 0.00598. The van der Waals surface area contributed by atoms with Crippen LogP contribution in [0.2, 0.25) is 0 Å². The van der Waals surface area contributed by atoms with E-state index >= 15 is 0 Å². The van der Waals surface area contributed by atoms with E-state index < -0.39 is 0 Å². The molecule has 2 atom stereocenters. The van der Waals surface area contributed by atoms with Gasteiger partial charge in [0.2, 0.25) is 0 Å². The van der Waals surface area contributed by atoms with Gasteiger partial charge in [0.15, 0.2) is 0 Å². The Morgan fingerprint density at radius 2 is 2.32 bits per heavy atom. The number of hydrogen-bond acceptors (Lipinski definition) is 3. The van der Waals surface area contributed by atoms with Crippen molar-refractivity contribution < 1.29 is 9.47 Å². The lowest BCUT2D eigenvalue weighted by Gasteiger charge is -2.30. The first-order chi connectivity index (χ1) is 9.22. The zero-order valence-corrected chi connectivity index (χ0v) is 13.2. The molecule has 2 unspecified atom stereocenters. The molecule has 1 N–H and O–H groups in total. The van der Waals surface area contributed by atoms with E-state index in [0.717, 1.165) is 41.8 Å². The van der Waals surface area contributed by atoms with E-state index in [4.69, 9.17) is 9.47 Å². The van der Waals surface area contributed by atoms with E-state index in [1.807, 2.05) is 12.1 Å². The first-order valence-corrected chi connectivity index (χ1v) is 7.74. The highest BCUT2D eigenvalue weighted by Crippen LogP contribution is 2.29. The molecule has 4 heteroatoms. The molecule has 1 fully saturated rings. The van der Waals surface area contributed by atoms with Crippen LogP contribution in [-0.4, -0.2) is 25.9 Å². The highest BCUT2D eigenvalue weighted by Gasteiger charge is 2.21. The van der Waals surface area contributed by atoms with Gasteiger partial charge < -0.3 is 14.8 Å². The molecule has 0 amide bonds. The monoisotopic (exact) mass is 327 g/mol. The minimum absolute atomic E-state index is 0.411. The summed E-state index contributed by atoms with van der Waals surface area (Å²) in [5.74, 6) is 0.863. The first-order valence-electron chi connectivity index (χ1n) is 6.94. The van der Waals surface area contributed by atoms with E-state index in [-0.39, 0.29) is 0 Å². The summed E-state index contributed by atoms with van der Waals surface area (Å²) in [4.78, 5) is 0. The fraction of sp³-hybridized carbons (Fsp3) is 0.600. The van der Waals surface area contributed by atoms with Crippen LogP contribution >= 0.6 is 15.9 Å².